The van der Waals surface area contributed by atoms with E-state index in [1.165, 1.54) is 0 Å². The topological polar surface area (TPSA) is 63.3 Å². The second-order valence-corrected chi connectivity index (χ2v) is 4.26. The second kappa shape index (κ2) is 4.92. The Balaban J connectivity index is 2.57. The zero-order chi connectivity index (χ0) is 13.1. The van der Waals surface area contributed by atoms with E-state index < -0.39 is 5.97 Å². The molecular weight excluding hydrogens is 226 g/mol. The van der Waals surface area contributed by atoms with Gasteiger partial charge in [-0.25, -0.2) is 0 Å². The number of para-hydroxylation sites is 1. The van der Waals surface area contributed by atoms with Crippen LogP contribution in [0.3, 0.4) is 0 Å². The number of anilines is 1. The van der Waals surface area contributed by atoms with Crippen molar-refractivity contribution in [3.63, 3.8) is 0 Å². The lowest BCUT2D eigenvalue weighted by molar-refractivity contribution is -0.136. The highest BCUT2D eigenvalue weighted by Gasteiger charge is 2.11. The normalized spacial score (nSPS) is 10.3. The van der Waals surface area contributed by atoms with Crippen molar-refractivity contribution in [2.75, 3.05) is 5.73 Å². The molecule has 0 heterocycles. The Labute approximate surface area is 106 Å². The standard InChI is InChI=1S/C15H15NO2/c1-10-5-4-8-13(15(10)16)12-7-3-2-6-11(12)9-14(17)18/h2-8H,9,16H2,1H3,(H,17,18). The van der Waals surface area contributed by atoms with Crippen molar-refractivity contribution in [3.8, 4) is 11.1 Å². The molecule has 0 fully saturated rings. The lowest BCUT2D eigenvalue weighted by Gasteiger charge is -2.12. The fraction of sp³-hybridized carbons (Fsp3) is 0.133. The van der Waals surface area contributed by atoms with Gasteiger partial charge in [0.15, 0.2) is 0 Å². The van der Waals surface area contributed by atoms with Crippen molar-refractivity contribution < 1.29 is 9.90 Å². The van der Waals surface area contributed by atoms with Crippen LogP contribution in [0.1, 0.15) is 11.1 Å². The summed E-state index contributed by atoms with van der Waals surface area (Å²) in [6, 6.07) is 13.3. The molecule has 0 atom stereocenters. The molecule has 0 saturated heterocycles. The Morgan fingerprint density at radius 3 is 2.50 bits per heavy atom. The maximum absolute atomic E-state index is 10.9. The van der Waals surface area contributed by atoms with E-state index in [0.29, 0.717) is 5.69 Å². The highest BCUT2D eigenvalue weighted by Crippen LogP contribution is 2.31. The molecule has 0 aromatic heterocycles. The van der Waals surface area contributed by atoms with Crippen molar-refractivity contribution in [3.05, 3.63) is 53.6 Å². The number of nitrogens with two attached hydrogens (primary N) is 1. The summed E-state index contributed by atoms with van der Waals surface area (Å²) in [7, 11) is 0. The lowest BCUT2D eigenvalue weighted by atomic mass is 9.95. The van der Waals surface area contributed by atoms with Crippen LogP contribution in [0.15, 0.2) is 42.5 Å². The summed E-state index contributed by atoms with van der Waals surface area (Å²) >= 11 is 0. The fourth-order valence-corrected chi connectivity index (χ4v) is 2.02. The van der Waals surface area contributed by atoms with Gasteiger partial charge in [-0.05, 0) is 23.6 Å². The Hall–Kier alpha value is -2.29. The molecule has 0 bridgehead atoms. The molecule has 0 unspecified atom stereocenters. The highest BCUT2D eigenvalue weighted by molar-refractivity contribution is 5.83. The average Bonchev–Trinajstić information content (AvgIpc) is 2.33. The smallest absolute Gasteiger partial charge is 0.307 e. The van der Waals surface area contributed by atoms with Gasteiger partial charge in [0.1, 0.15) is 0 Å². The molecule has 0 amide bonds. The minimum absolute atomic E-state index is 0.00353. The van der Waals surface area contributed by atoms with Crippen molar-refractivity contribution in [2.45, 2.75) is 13.3 Å². The van der Waals surface area contributed by atoms with Gasteiger partial charge in [-0.2, -0.15) is 0 Å². The van der Waals surface area contributed by atoms with Crippen molar-refractivity contribution >= 4 is 11.7 Å². The maximum atomic E-state index is 10.9. The molecule has 3 heteroatoms. The van der Waals surface area contributed by atoms with E-state index in [1.54, 1.807) is 0 Å². The van der Waals surface area contributed by atoms with E-state index in [2.05, 4.69) is 0 Å². The zero-order valence-electron chi connectivity index (χ0n) is 10.2. The molecule has 0 aliphatic rings. The molecule has 2 aromatic rings. The van der Waals surface area contributed by atoms with Gasteiger partial charge in [0.25, 0.3) is 0 Å². The summed E-state index contributed by atoms with van der Waals surface area (Å²) in [6.45, 7) is 1.94. The highest BCUT2D eigenvalue weighted by atomic mass is 16.4. The van der Waals surface area contributed by atoms with Crippen LogP contribution in [-0.2, 0) is 11.2 Å². The van der Waals surface area contributed by atoms with E-state index in [-0.39, 0.29) is 6.42 Å². The number of aliphatic carboxylic acids is 1. The molecule has 2 rings (SSSR count). The molecule has 92 valence electrons. The first-order valence-electron chi connectivity index (χ1n) is 5.74. The van der Waals surface area contributed by atoms with E-state index in [9.17, 15) is 4.79 Å². The number of rotatable bonds is 3. The van der Waals surface area contributed by atoms with Gasteiger partial charge in [0.2, 0.25) is 0 Å². The molecule has 3 nitrogen and oxygen atoms in total. The molecule has 0 saturated carbocycles. The van der Waals surface area contributed by atoms with Gasteiger partial charge in [0.05, 0.1) is 6.42 Å². The maximum Gasteiger partial charge on any atom is 0.307 e. The van der Waals surface area contributed by atoms with Crippen molar-refractivity contribution in [1.29, 1.82) is 0 Å². The van der Waals surface area contributed by atoms with Gasteiger partial charge >= 0.3 is 5.97 Å². The molecule has 18 heavy (non-hydrogen) atoms. The molecule has 0 radical (unpaired) electrons. The quantitative estimate of drug-likeness (QED) is 0.812. The molecule has 3 N–H and O–H groups in total. The van der Waals surface area contributed by atoms with Gasteiger partial charge in [-0.3, -0.25) is 4.79 Å². The average molecular weight is 241 g/mol. The molecule has 0 spiro atoms. The van der Waals surface area contributed by atoms with E-state index in [0.717, 1.165) is 22.3 Å². The Kier molecular flexibility index (Phi) is 3.33. The van der Waals surface area contributed by atoms with Crippen LogP contribution in [-0.4, -0.2) is 11.1 Å². The first-order chi connectivity index (χ1) is 8.59. The van der Waals surface area contributed by atoms with Gasteiger partial charge in [-0.1, -0.05) is 42.5 Å². The number of aryl methyl sites for hydroxylation is 1. The monoisotopic (exact) mass is 241 g/mol. The molecule has 0 aliphatic carbocycles. The number of carboxylic acid groups (broad SMARTS) is 1. The van der Waals surface area contributed by atoms with E-state index >= 15 is 0 Å². The number of nitrogen functional groups attached to an aromatic ring is 1. The first kappa shape index (κ1) is 12.2. The van der Waals surface area contributed by atoms with E-state index in [4.69, 9.17) is 10.8 Å². The predicted molar refractivity (Wildman–Crippen MR) is 72.4 cm³/mol. The summed E-state index contributed by atoms with van der Waals surface area (Å²) in [5.74, 6) is -0.839. The van der Waals surface area contributed by atoms with Crippen molar-refractivity contribution in [2.24, 2.45) is 0 Å². The van der Waals surface area contributed by atoms with Crippen LogP contribution in [0.25, 0.3) is 11.1 Å². The summed E-state index contributed by atoms with van der Waals surface area (Å²) in [5.41, 5.74) is 10.3. The number of hydrogen-bond acceptors (Lipinski definition) is 2. The number of carbonyl (C=O) groups is 1. The summed E-state index contributed by atoms with van der Waals surface area (Å²) in [5, 5.41) is 8.93. The third kappa shape index (κ3) is 2.35. The predicted octanol–water partition coefficient (Wildman–Crippen LogP) is 2.87. The number of benzene rings is 2. The second-order valence-electron chi connectivity index (χ2n) is 4.26. The van der Waals surface area contributed by atoms with E-state index in [1.807, 2.05) is 49.4 Å². The van der Waals surface area contributed by atoms with Crippen LogP contribution >= 0.6 is 0 Å². The Bertz CT molecular complexity index is 591. The lowest BCUT2D eigenvalue weighted by Crippen LogP contribution is -2.03. The van der Waals surface area contributed by atoms with Crippen LogP contribution in [0.5, 0.6) is 0 Å². The molecular formula is C15H15NO2. The van der Waals surface area contributed by atoms with Crippen LogP contribution < -0.4 is 5.73 Å². The SMILES string of the molecule is Cc1cccc(-c2ccccc2CC(=O)O)c1N. The minimum Gasteiger partial charge on any atom is -0.481 e. The minimum atomic E-state index is -0.839. The fourth-order valence-electron chi connectivity index (χ4n) is 2.02. The first-order valence-corrected chi connectivity index (χ1v) is 5.74. The Morgan fingerprint density at radius 2 is 1.78 bits per heavy atom. The van der Waals surface area contributed by atoms with Crippen molar-refractivity contribution in [1.82, 2.24) is 0 Å². The number of hydrogen-bond donors (Lipinski definition) is 2. The largest absolute Gasteiger partial charge is 0.481 e. The Morgan fingerprint density at radius 1 is 1.11 bits per heavy atom. The molecule has 2 aromatic carbocycles. The third-order valence-corrected chi connectivity index (χ3v) is 2.97. The summed E-state index contributed by atoms with van der Waals surface area (Å²) in [6.07, 6.45) is 0.00353. The molecule has 0 aliphatic heterocycles. The summed E-state index contributed by atoms with van der Waals surface area (Å²) < 4.78 is 0. The van der Waals surface area contributed by atoms with Crippen LogP contribution in [0, 0.1) is 6.92 Å². The summed E-state index contributed by atoms with van der Waals surface area (Å²) in [4.78, 5) is 10.9. The third-order valence-electron chi connectivity index (χ3n) is 2.97. The zero-order valence-corrected chi connectivity index (χ0v) is 10.2. The number of carboxylic acids is 1. The van der Waals surface area contributed by atoms with Gasteiger partial charge in [0, 0.05) is 11.3 Å². The van der Waals surface area contributed by atoms with Gasteiger partial charge in [-0.15, -0.1) is 0 Å². The van der Waals surface area contributed by atoms with Crippen LogP contribution in [0.2, 0.25) is 0 Å². The van der Waals surface area contributed by atoms with Crippen LogP contribution in [0.4, 0.5) is 5.69 Å². The van der Waals surface area contributed by atoms with Gasteiger partial charge < -0.3 is 10.8 Å².